The summed E-state index contributed by atoms with van der Waals surface area (Å²) in [5.41, 5.74) is 0.994. The number of hydrogen-bond donors (Lipinski definition) is 2. The zero-order valence-corrected chi connectivity index (χ0v) is 9.49. The van der Waals surface area contributed by atoms with E-state index in [1.54, 1.807) is 19.2 Å². The second-order valence-electron chi connectivity index (χ2n) is 3.06. The van der Waals surface area contributed by atoms with Crippen LogP contribution in [0.1, 0.15) is 5.56 Å². The first-order valence-electron chi connectivity index (χ1n) is 4.63. The summed E-state index contributed by atoms with van der Waals surface area (Å²) in [6.45, 7) is 0.498. The van der Waals surface area contributed by atoms with Gasteiger partial charge in [0.1, 0.15) is 0 Å². The molecule has 5 nitrogen and oxygen atoms in total. The molecule has 16 heavy (non-hydrogen) atoms. The molecule has 0 aromatic heterocycles. The van der Waals surface area contributed by atoms with Gasteiger partial charge in [-0.15, -0.1) is 0 Å². The molecule has 0 heterocycles. The van der Waals surface area contributed by atoms with Gasteiger partial charge in [-0.1, -0.05) is 23.7 Å². The van der Waals surface area contributed by atoms with Crippen LogP contribution < -0.4 is 10.6 Å². The van der Waals surface area contributed by atoms with E-state index in [1.807, 2.05) is 12.1 Å². The van der Waals surface area contributed by atoms with Gasteiger partial charge in [-0.3, -0.25) is 10.1 Å². The van der Waals surface area contributed by atoms with Crippen molar-refractivity contribution in [3.63, 3.8) is 0 Å². The van der Waals surface area contributed by atoms with Crippen LogP contribution in [0.25, 0.3) is 0 Å². The molecule has 86 valence electrons. The molecule has 0 aliphatic heterocycles. The minimum Gasteiger partial charge on any atom is -0.370 e. The smallest absolute Gasteiger partial charge is 0.274 e. The fraction of sp³-hybridized carbons (Fsp3) is 0.200. The van der Waals surface area contributed by atoms with Crippen LogP contribution in [0.15, 0.2) is 36.3 Å². The number of hydrogen-bond acceptors (Lipinski definition) is 4. The summed E-state index contributed by atoms with van der Waals surface area (Å²) in [5.74, 6) is 0.361. The standard InChI is InChI=1S/C10H12ClN3O2/c1-12-10(7-14(15)16)13-6-8-2-4-9(11)5-3-8/h2-5,7,12-13H,6H2,1H3. The minimum absolute atomic E-state index is 0.361. The summed E-state index contributed by atoms with van der Waals surface area (Å²) >= 11 is 5.74. The number of benzene rings is 1. The topological polar surface area (TPSA) is 67.2 Å². The molecule has 0 bridgehead atoms. The van der Waals surface area contributed by atoms with Crippen molar-refractivity contribution in [2.24, 2.45) is 0 Å². The van der Waals surface area contributed by atoms with Gasteiger partial charge in [-0.05, 0) is 17.7 Å². The summed E-state index contributed by atoms with van der Waals surface area (Å²) in [7, 11) is 1.62. The Balaban J connectivity index is 2.56. The summed E-state index contributed by atoms with van der Waals surface area (Å²) in [6.07, 6.45) is 0.885. The fourth-order valence-corrected chi connectivity index (χ4v) is 1.23. The van der Waals surface area contributed by atoms with Crippen molar-refractivity contribution in [2.45, 2.75) is 6.54 Å². The monoisotopic (exact) mass is 241 g/mol. The van der Waals surface area contributed by atoms with Gasteiger partial charge in [0.25, 0.3) is 6.20 Å². The van der Waals surface area contributed by atoms with Gasteiger partial charge in [0.05, 0.1) is 4.92 Å². The molecule has 1 aromatic carbocycles. The van der Waals surface area contributed by atoms with Crippen LogP contribution in [0.5, 0.6) is 0 Å². The Bertz CT molecular complexity index is 390. The highest BCUT2D eigenvalue weighted by atomic mass is 35.5. The second kappa shape index (κ2) is 5.97. The van der Waals surface area contributed by atoms with Crippen LogP contribution in [-0.4, -0.2) is 12.0 Å². The lowest BCUT2D eigenvalue weighted by Crippen LogP contribution is -2.24. The zero-order chi connectivity index (χ0) is 12.0. The van der Waals surface area contributed by atoms with Crippen molar-refractivity contribution in [3.8, 4) is 0 Å². The normalized spacial score (nSPS) is 11.0. The summed E-state index contributed by atoms with van der Waals surface area (Å²) in [6, 6.07) is 7.26. The third-order valence-corrected chi connectivity index (χ3v) is 2.15. The highest BCUT2D eigenvalue weighted by Crippen LogP contribution is 2.09. The zero-order valence-electron chi connectivity index (χ0n) is 8.74. The number of nitrogens with zero attached hydrogens (tertiary/aromatic N) is 1. The molecule has 0 unspecified atom stereocenters. The lowest BCUT2D eigenvalue weighted by atomic mass is 10.2. The summed E-state index contributed by atoms with van der Waals surface area (Å²) in [5, 5.41) is 16.5. The SMILES string of the molecule is CNC(=C[N+](=O)[O-])NCc1ccc(Cl)cc1. The predicted octanol–water partition coefficient (Wildman–Crippen LogP) is 1.72. The molecule has 0 atom stereocenters. The van der Waals surface area contributed by atoms with Crippen molar-refractivity contribution in [2.75, 3.05) is 7.05 Å². The van der Waals surface area contributed by atoms with Crippen LogP contribution in [0.3, 0.4) is 0 Å². The molecule has 1 rings (SSSR count). The average Bonchev–Trinajstić information content (AvgIpc) is 2.26. The van der Waals surface area contributed by atoms with E-state index in [0.717, 1.165) is 11.8 Å². The third-order valence-electron chi connectivity index (χ3n) is 1.90. The molecule has 2 N–H and O–H groups in total. The van der Waals surface area contributed by atoms with Gasteiger partial charge in [-0.25, -0.2) is 0 Å². The molecule has 0 amide bonds. The van der Waals surface area contributed by atoms with Crippen molar-refractivity contribution in [1.29, 1.82) is 0 Å². The van der Waals surface area contributed by atoms with Gasteiger partial charge in [0.15, 0.2) is 5.82 Å². The molecule has 0 saturated carbocycles. The summed E-state index contributed by atoms with van der Waals surface area (Å²) in [4.78, 5) is 9.74. The van der Waals surface area contributed by atoms with E-state index in [-0.39, 0.29) is 0 Å². The lowest BCUT2D eigenvalue weighted by molar-refractivity contribution is -0.404. The van der Waals surface area contributed by atoms with Gasteiger partial charge < -0.3 is 10.6 Å². The number of rotatable bonds is 5. The average molecular weight is 242 g/mol. The molecule has 0 aliphatic carbocycles. The predicted molar refractivity (Wildman–Crippen MR) is 62.4 cm³/mol. The van der Waals surface area contributed by atoms with Crippen molar-refractivity contribution in [3.05, 3.63) is 57.0 Å². The first kappa shape index (κ1) is 12.3. The van der Waals surface area contributed by atoms with E-state index in [2.05, 4.69) is 10.6 Å². The van der Waals surface area contributed by atoms with Gasteiger partial charge in [0, 0.05) is 18.6 Å². The Morgan fingerprint density at radius 3 is 2.62 bits per heavy atom. The first-order valence-corrected chi connectivity index (χ1v) is 5.01. The number of halogens is 1. The second-order valence-corrected chi connectivity index (χ2v) is 3.49. The molecule has 1 aromatic rings. The van der Waals surface area contributed by atoms with E-state index in [1.165, 1.54) is 0 Å². The molecule has 0 spiro atoms. The fourth-order valence-electron chi connectivity index (χ4n) is 1.10. The van der Waals surface area contributed by atoms with Crippen LogP contribution in [0.4, 0.5) is 0 Å². The van der Waals surface area contributed by atoms with Crippen molar-refractivity contribution in [1.82, 2.24) is 10.6 Å². The molecule has 0 radical (unpaired) electrons. The van der Waals surface area contributed by atoms with Gasteiger partial charge >= 0.3 is 0 Å². The third kappa shape index (κ3) is 4.18. The lowest BCUT2D eigenvalue weighted by Gasteiger charge is -2.07. The van der Waals surface area contributed by atoms with Crippen LogP contribution in [0, 0.1) is 10.1 Å². The Labute approximate surface area is 98.3 Å². The summed E-state index contributed by atoms with van der Waals surface area (Å²) < 4.78 is 0. The van der Waals surface area contributed by atoms with Crippen LogP contribution in [0.2, 0.25) is 5.02 Å². The van der Waals surface area contributed by atoms with Crippen molar-refractivity contribution < 1.29 is 4.92 Å². The van der Waals surface area contributed by atoms with Crippen LogP contribution in [-0.2, 0) is 6.54 Å². The molecule has 6 heteroatoms. The first-order chi connectivity index (χ1) is 7.61. The van der Waals surface area contributed by atoms with Crippen LogP contribution >= 0.6 is 11.6 Å². The van der Waals surface area contributed by atoms with E-state index >= 15 is 0 Å². The molecule has 0 saturated heterocycles. The van der Waals surface area contributed by atoms with Gasteiger partial charge in [0.2, 0.25) is 0 Å². The van der Waals surface area contributed by atoms with E-state index in [4.69, 9.17) is 11.6 Å². The van der Waals surface area contributed by atoms with Gasteiger partial charge in [-0.2, -0.15) is 0 Å². The molecular weight excluding hydrogens is 230 g/mol. The number of nitro groups is 1. The van der Waals surface area contributed by atoms with E-state index in [9.17, 15) is 10.1 Å². The molecule has 0 aliphatic rings. The Kier molecular flexibility index (Phi) is 4.60. The largest absolute Gasteiger partial charge is 0.370 e. The minimum atomic E-state index is -0.513. The Morgan fingerprint density at radius 2 is 2.12 bits per heavy atom. The maximum absolute atomic E-state index is 10.3. The van der Waals surface area contributed by atoms with Crippen molar-refractivity contribution >= 4 is 11.6 Å². The molecule has 0 fully saturated rings. The maximum atomic E-state index is 10.3. The highest BCUT2D eigenvalue weighted by molar-refractivity contribution is 6.30. The molecular formula is C10H12ClN3O2. The maximum Gasteiger partial charge on any atom is 0.274 e. The Hall–Kier alpha value is -1.75. The van der Waals surface area contributed by atoms with E-state index in [0.29, 0.717) is 17.4 Å². The number of nitrogens with one attached hydrogen (secondary N) is 2. The highest BCUT2D eigenvalue weighted by Gasteiger charge is 1.99. The quantitative estimate of drug-likeness (QED) is 0.609. The van der Waals surface area contributed by atoms with E-state index < -0.39 is 4.92 Å². The Morgan fingerprint density at radius 1 is 1.50 bits per heavy atom.